The quantitative estimate of drug-likeness (QED) is 0.122. The first-order valence-electron chi connectivity index (χ1n) is 13.7. The van der Waals surface area contributed by atoms with Gasteiger partial charge in [-0.15, -0.1) is 0 Å². The van der Waals surface area contributed by atoms with Gasteiger partial charge >= 0.3 is 12.2 Å². The molecule has 2 amide bonds. The van der Waals surface area contributed by atoms with Crippen LogP contribution in [0.15, 0.2) is 85.1 Å². The number of aromatic nitrogens is 2. The maximum absolute atomic E-state index is 13.6. The van der Waals surface area contributed by atoms with E-state index in [0.717, 1.165) is 17.7 Å². The number of alkyl halides is 3. The summed E-state index contributed by atoms with van der Waals surface area (Å²) < 4.78 is 58.0. The van der Waals surface area contributed by atoms with Gasteiger partial charge < -0.3 is 26.5 Å². The predicted octanol–water partition coefficient (Wildman–Crippen LogP) is 5.47. The van der Waals surface area contributed by atoms with Gasteiger partial charge in [-0.05, 0) is 54.8 Å². The van der Waals surface area contributed by atoms with Crippen molar-refractivity contribution in [2.75, 3.05) is 11.9 Å². The van der Waals surface area contributed by atoms with Crippen LogP contribution in [0.4, 0.5) is 23.4 Å². The van der Waals surface area contributed by atoms with Crippen LogP contribution in [-0.2, 0) is 17.6 Å². The average Bonchev–Trinajstić information content (AvgIpc) is 3.00. The Hall–Kier alpha value is -5.33. The topological polar surface area (TPSA) is 143 Å². The van der Waals surface area contributed by atoms with Gasteiger partial charge in [-0.25, -0.2) is 9.37 Å². The van der Waals surface area contributed by atoms with E-state index in [0.29, 0.717) is 11.1 Å². The van der Waals surface area contributed by atoms with Crippen LogP contribution in [0.5, 0.6) is 6.01 Å². The first kappa shape index (κ1) is 32.6. The summed E-state index contributed by atoms with van der Waals surface area (Å²) in [6.45, 7) is 2.74. The Labute approximate surface area is 256 Å². The molecule has 1 unspecified atom stereocenters. The van der Waals surface area contributed by atoms with Gasteiger partial charge in [-0.3, -0.25) is 9.59 Å². The Balaban J connectivity index is 1.63. The summed E-state index contributed by atoms with van der Waals surface area (Å²) in [6.07, 6.45) is -3.31. The molecule has 0 aliphatic rings. The van der Waals surface area contributed by atoms with Crippen LogP contribution in [0.2, 0.25) is 0 Å². The summed E-state index contributed by atoms with van der Waals surface area (Å²) in [4.78, 5) is 33.5. The molecule has 9 nitrogen and oxygen atoms in total. The van der Waals surface area contributed by atoms with Crippen LogP contribution in [0.1, 0.15) is 52.4 Å². The van der Waals surface area contributed by atoms with Crippen molar-refractivity contribution in [3.05, 3.63) is 119 Å². The first-order valence-corrected chi connectivity index (χ1v) is 13.7. The zero-order chi connectivity index (χ0) is 32.8. The smallest absolute Gasteiger partial charge is 0.416 e. The molecule has 0 saturated carbocycles. The molecule has 1 aromatic heterocycles. The standard InChI is InChI=1S/C32H30F4N6O3/c1-31(2,29(38)44)42-28(43)25-17-40-30(45-18-19-8-12-22(13-9-19)32(34,35)36)41-27(25)39-16-24(20-6-4-3-5-7-20)26(37)21-10-14-23(33)15-11-21/h3-15,17,24,37H,16,18H2,1-2H3,(H2,38,44)(H,42,43)(H,39,40,41). The van der Waals surface area contributed by atoms with Crippen molar-refractivity contribution in [3.8, 4) is 6.01 Å². The van der Waals surface area contributed by atoms with Crippen LogP contribution in [0.25, 0.3) is 0 Å². The summed E-state index contributed by atoms with van der Waals surface area (Å²) >= 11 is 0. The number of anilines is 1. The number of hydrogen-bond acceptors (Lipinski definition) is 7. The molecule has 4 rings (SSSR count). The molecule has 13 heteroatoms. The SMILES string of the molecule is CC(C)(NC(=O)c1cnc(OCc2ccc(C(F)(F)F)cc2)nc1NCC(C(=N)c1ccc(F)cc1)c1ccccc1)C(N)=O. The minimum absolute atomic E-state index is 0.00183. The fourth-order valence-electron chi connectivity index (χ4n) is 4.19. The van der Waals surface area contributed by atoms with Crippen LogP contribution >= 0.6 is 0 Å². The van der Waals surface area contributed by atoms with Gasteiger partial charge in [0.05, 0.1) is 5.56 Å². The number of carbonyl (C=O) groups excluding carboxylic acids is 2. The number of carbonyl (C=O) groups is 2. The molecule has 5 N–H and O–H groups in total. The average molecular weight is 623 g/mol. The van der Waals surface area contributed by atoms with Gasteiger partial charge in [0.2, 0.25) is 5.91 Å². The number of nitrogens with zero attached hydrogens (tertiary/aromatic N) is 2. The molecule has 0 aliphatic carbocycles. The molecular weight excluding hydrogens is 592 g/mol. The largest absolute Gasteiger partial charge is 0.459 e. The molecule has 0 saturated heterocycles. The van der Waals surface area contributed by atoms with E-state index in [2.05, 4.69) is 20.6 Å². The van der Waals surface area contributed by atoms with Crippen LogP contribution in [0, 0.1) is 11.2 Å². The zero-order valence-corrected chi connectivity index (χ0v) is 24.3. The van der Waals surface area contributed by atoms with Gasteiger partial charge in [0.25, 0.3) is 5.91 Å². The highest BCUT2D eigenvalue weighted by atomic mass is 19.4. The summed E-state index contributed by atoms with van der Waals surface area (Å²) in [7, 11) is 0. The van der Waals surface area contributed by atoms with E-state index in [1.165, 1.54) is 56.4 Å². The second-order valence-corrected chi connectivity index (χ2v) is 10.6. The summed E-state index contributed by atoms with van der Waals surface area (Å²) in [6, 6.07) is 18.8. The molecule has 0 bridgehead atoms. The molecule has 1 atom stereocenters. The molecule has 234 valence electrons. The monoisotopic (exact) mass is 622 g/mol. The fraction of sp³-hybridized carbons (Fsp3) is 0.219. The number of nitrogens with one attached hydrogen (secondary N) is 3. The minimum atomic E-state index is -4.48. The maximum Gasteiger partial charge on any atom is 0.416 e. The number of benzene rings is 3. The molecular formula is C32H30F4N6O3. The van der Waals surface area contributed by atoms with Gasteiger partial charge in [-0.1, -0.05) is 54.6 Å². The fourth-order valence-corrected chi connectivity index (χ4v) is 4.19. The van der Waals surface area contributed by atoms with E-state index in [9.17, 15) is 27.2 Å². The molecule has 0 spiro atoms. The van der Waals surface area contributed by atoms with Crippen LogP contribution in [-0.4, -0.2) is 39.6 Å². The highest BCUT2D eigenvalue weighted by Gasteiger charge is 2.31. The Morgan fingerprint density at radius 2 is 1.62 bits per heavy atom. The van der Waals surface area contributed by atoms with Crippen molar-refractivity contribution in [2.24, 2.45) is 5.73 Å². The van der Waals surface area contributed by atoms with Crippen LogP contribution < -0.4 is 21.1 Å². The molecule has 0 fully saturated rings. The first-order chi connectivity index (χ1) is 21.2. The van der Waals surface area contributed by atoms with Crippen molar-refractivity contribution in [2.45, 2.75) is 38.1 Å². The second-order valence-electron chi connectivity index (χ2n) is 10.6. The Kier molecular flexibility index (Phi) is 9.80. The lowest BCUT2D eigenvalue weighted by Crippen LogP contribution is -2.53. The predicted molar refractivity (Wildman–Crippen MR) is 159 cm³/mol. The van der Waals surface area contributed by atoms with E-state index < -0.39 is 40.8 Å². The number of amides is 2. The van der Waals surface area contributed by atoms with Gasteiger partial charge in [0.1, 0.15) is 29.3 Å². The van der Waals surface area contributed by atoms with Crippen molar-refractivity contribution >= 4 is 23.3 Å². The molecule has 0 aliphatic heterocycles. The number of halogens is 4. The molecule has 4 aromatic rings. The normalized spacial score (nSPS) is 12.2. The lowest BCUT2D eigenvalue weighted by Gasteiger charge is -2.24. The molecule has 0 radical (unpaired) electrons. The Morgan fingerprint density at radius 3 is 2.22 bits per heavy atom. The summed E-state index contributed by atoms with van der Waals surface area (Å²) in [5.74, 6) is -2.53. The second kappa shape index (κ2) is 13.5. The van der Waals surface area contributed by atoms with Gasteiger partial charge in [-0.2, -0.15) is 18.2 Å². The zero-order valence-electron chi connectivity index (χ0n) is 24.3. The lowest BCUT2D eigenvalue weighted by molar-refractivity contribution is -0.137. The number of hydrogen-bond donors (Lipinski definition) is 4. The van der Waals surface area contributed by atoms with Gasteiger partial charge in [0, 0.05) is 24.4 Å². The van der Waals surface area contributed by atoms with E-state index in [1.807, 2.05) is 30.3 Å². The van der Waals surface area contributed by atoms with Crippen molar-refractivity contribution < 1.29 is 31.9 Å². The Bertz CT molecular complexity index is 1660. The molecule has 3 aromatic carbocycles. The lowest BCUT2D eigenvalue weighted by atomic mass is 9.89. The molecule has 1 heterocycles. The van der Waals surface area contributed by atoms with Gasteiger partial charge in [0.15, 0.2) is 0 Å². The third-order valence-corrected chi connectivity index (χ3v) is 6.88. The van der Waals surface area contributed by atoms with E-state index in [-0.39, 0.29) is 36.3 Å². The number of primary amides is 1. The van der Waals surface area contributed by atoms with Crippen molar-refractivity contribution in [1.82, 2.24) is 15.3 Å². The maximum atomic E-state index is 13.6. The summed E-state index contributed by atoms with van der Waals surface area (Å²) in [5, 5.41) is 14.5. The number of rotatable bonds is 12. The van der Waals surface area contributed by atoms with Crippen molar-refractivity contribution in [3.63, 3.8) is 0 Å². The van der Waals surface area contributed by atoms with Crippen LogP contribution in [0.3, 0.4) is 0 Å². The third-order valence-electron chi connectivity index (χ3n) is 6.88. The number of nitrogens with two attached hydrogens (primary N) is 1. The minimum Gasteiger partial charge on any atom is -0.459 e. The van der Waals surface area contributed by atoms with E-state index >= 15 is 0 Å². The molecule has 45 heavy (non-hydrogen) atoms. The third kappa shape index (κ3) is 8.40. The van der Waals surface area contributed by atoms with E-state index in [4.69, 9.17) is 15.9 Å². The number of ether oxygens (including phenoxy) is 1. The summed E-state index contributed by atoms with van der Waals surface area (Å²) in [5.41, 5.74) is 4.97. The highest BCUT2D eigenvalue weighted by Crippen LogP contribution is 2.29. The Morgan fingerprint density at radius 1 is 0.978 bits per heavy atom. The highest BCUT2D eigenvalue weighted by molar-refractivity contribution is 6.04. The van der Waals surface area contributed by atoms with Crippen molar-refractivity contribution in [1.29, 1.82) is 5.41 Å². The van der Waals surface area contributed by atoms with E-state index in [1.54, 1.807) is 0 Å².